The van der Waals surface area contributed by atoms with Crippen molar-refractivity contribution >= 4 is 74.3 Å². The molecule has 62 heavy (non-hydrogen) atoms. The molecule has 0 saturated carbocycles. The van der Waals surface area contributed by atoms with E-state index in [1.807, 2.05) is 75.8 Å². The van der Waals surface area contributed by atoms with Gasteiger partial charge >= 0.3 is 5.97 Å². The summed E-state index contributed by atoms with van der Waals surface area (Å²) in [5, 5.41) is 18.3. The van der Waals surface area contributed by atoms with Crippen molar-refractivity contribution < 1.29 is 24.2 Å². The lowest BCUT2D eigenvalue weighted by atomic mass is 9.98. The Kier molecular flexibility index (Phi) is 11.7. The number of nitrogens with zero attached hydrogens (tertiary/aromatic N) is 8. The Balaban J connectivity index is 1.22. The molecule has 13 nitrogen and oxygen atoms in total. The molecule has 0 radical (unpaired) electrons. The number of halogens is 2. The van der Waals surface area contributed by atoms with Gasteiger partial charge in [-0.05, 0) is 108 Å². The quantitative estimate of drug-likeness (QED) is 0.129. The molecule has 3 aromatic heterocycles. The molecule has 0 unspecified atom stereocenters. The summed E-state index contributed by atoms with van der Waals surface area (Å²) in [7, 11) is 7.49. The summed E-state index contributed by atoms with van der Waals surface area (Å²) in [6.45, 7) is 14.2. The second-order valence-electron chi connectivity index (χ2n) is 17.1. The summed E-state index contributed by atoms with van der Waals surface area (Å²) in [5.41, 5.74) is 8.74. The molecule has 0 aliphatic carbocycles. The molecule has 5 heterocycles. The molecule has 2 amide bonds. The summed E-state index contributed by atoms with van der Waals surface area (Å²) in [4.78, 5) is 49.9. The van der Waals surface area contributed by atoms with E-state index in [1.54, 1.807) is 34.5 Å². The minimum atomic E-state index is -1.16. The van der Waals surface area contributed by atoms with Gasteiger partial charge in [0.15, 0.2) is 0 Å². The first kappa shape index (κ1) is 43.3. The van der Waals surface area contributed by atoms with E-state index < -0.39 is 5.97 Å². The summed E-state index contributed by atoms with van der Waals surface area (Å²) in [5.74, 6) is -0.547. The summed E-state index contributed by atoms with van der Waals surface area (Å²) >= 11 is 13.6. The molecule has 1 fully saturated rings. The molecule has 1 atom stereocenters. The van der Waals surface area contributed by atoms with Crippen molar-refractivity contribution in [2.45, 2.75) is 53.5 Å². The maximum absolute atomic E-state index is 15.4. The van der Waals surface area contributed by atoms with E-state index in [9.17, 15) is 14.7 Å². The normalized spacial score (nSPS) is 16.1. The molecule has 8 rings (SSSR count). The van der Waals surface area contributed by atoms with E-state index in [1.165, 1.54) is 0 Å². The highest BCUT2D eigenvalue weighted by Gasteiger charge is 2.40. The Morgan fingerprint density at radius 2 is 1.63 bits per heavy atom. The van der Waals surface area contributed by atoms with Crippen LogP contribution in [-0.2, 0) is 25.3 Å². The lowest BCUT2D eigenvalue weighted by Crippen LogP contribution is -2.48. The topological polar surface area (TPSA) is 121 Å². The molecule has 326 valence electrons. The first-order valence-electron chi connectivity index (χ1n) is 21.1. The van der Waals surface area contributed by atoms with Crippen LogP contribution in [0.1, 0.15) is 68.3 Å². The first-order valence-corrected chi connectivity index (χ1v) is 21.8. The molecule has 1 N–H and O–H groups in total. The van der Waals surface area contributed by atoms with Crippen LogP contribution in [0.5, 0.6) is 5.75 Å². The number of carbonyl (C=O) groups is 3. The number of fused-ring (bicyclic) bond motifs is 4. The fraction of sp³-hybridized carbons (Fsp3) is 0.404. The van der Waals surface area contributed by atoms with Gasteiger partial charge in [-0.3, -0.25) is 24.1 Å². The van der Waals surface area contributed by atoms with Gasteiger partial charge in [0, 0.05) is 98.2 Å². The monoisotopic (exact) mass is 880 g/mol. The zero-order valence-corrected chi connectivity index (χ0v) is 38.4. The highest BCUT2D eigenvalue weighted by Crippen LogP contribution is 2.46. The van der Waals surface area contributed by atoms with Crippen LogP contribution in [0, 0.1) is 27.7 Å². The number of carboxylic acids is 1. The van der Waals surface area contributed by atoms with Crippen molar-refractivity contribution in [3.63, 3.8) is 0 Å². The number of hydrogen-bond acceptors (Lipinski definition) is 7. The van der Waals surface area contributed by atoms with E-state index in [0.29, 0.717) is 51.8 Å². The molecule has 3 aromatic carbocycles. The lowest BCUT2D eigenvalue weighted by Gasteiger charge is -2.34. The van der Waals surface area contributed by atoms with Crippen LogP contribution >= 0.6 is 23.2 Å². The van der Waals surface area contributed by atoms with Crippen molar-refractivity contribution in [1.82, 2.24) is 28.7 Å². The number of carbonyl (C=O) groups excluding carboxylic acids is 2. The molecule has 6 aromatic rings. The zero-order chi connectivity index (χ0) is 44.5. The first-order chi connectivity index (χ1) is 29.5. The van der Waals surface area contributed by atoms with E-state index in [-0.39, 0.29) is 42.3 Å². The van der Waals surface area contributed by atoms with Crippen molar-refractivity contribution in [3.05, 3.63) is 91.8 Å². The highest BCUT2D eigenvalue weighted by atomic mass is 35.5. The number of hydrogen-bond donors (Lipinski definition) is 1. The fourth-order valence-corrected chi connectivity index (χ4v) is 9.87. The number of carboxylic acid groups (broad SMARTS) is 1. The number of benzene rings is 3. The molecule has 15 heteroatoms. The van der Waals surface area contributed by atoms with Gasteiger partial charge in [-0.25, -0.2) is 4.79 Å². The van der Waals surface area contributed by atoms with Crippen molar-refractivity contribution in [2.75, 3.05) is 69.8 Å². The number of rotatable bonds is 11. The third-order valence-electron chi connectivity index (χ3n) is 12.9. The highest BCUT2D eigenvalue weighted by molar-refractivity contribution is 6.35. The van der Waals surface area contributed by atoms with Crippen molar-refractivity contribution in [1.29, 1.82) is 0 Å². The number of anilines is 2. The minimum Gasteiger partial charge on any atom is -0.494 e. The van der Waals surface area contributed by atoms with Crippen LogP contribution in [0.3, 0.4) is 0 Å². The van der Waals surface area contributed by atoms with Gasteiger partial charge in [-0.2, -0.15) is 5.10 Å². The molecule has 0 spiro atoms. The molecule has 0 bridgehead atoms. The van der Waals surface area contributed by atoms with Crippen LogP contribution in [0.25, 0.3) is 32.9 Å². The third-order valence-corrected chi connectivity index (χ3v) is 13.8. The van der Waals surface area contributed by atoms with E-state index in [4.69, 9.17) is 33.0 Å². The lowest BCUT2D eigenvalue weighted by molar-refractivity contribution is -0.119. The summed E-state index contributed by atoms with van der Waals surface area (Å²) in [6, 6.07) is 12.9. The zero-order valence-electron chi connectivity index (χ0n) is 36.9. The number of aromatic carboxylic acids is 1. The van der Waals surface area contributed by atoms with E-state index in [2.05, 4.69) is 28.3 Å². The van der Waals surface area contributed by atoms with Gasteiger partial charge in [-0.15, -0.1) is 0 Å². The number of amides is 2. The smallest absolute Gasteiger partial charge is 0.340 e. The van der Waals surface area contributed by atoms with E-state index >= 15 is 4.79 Å². The second kappa shape index (κ2) is 16.7. The van der Waals surface area contributed by atoms with Crippen molar-refractivity contribution in [3.8, 4) is 16.9 Å². The van der Waals surface area contributed by atoms with Gasteiger partial charge in [-0.1, -0.05) is 29.3 Å². The molecule has 2 aliphatic rings. The summed E-state index contributed by atoms with van der Waals surface area (Å²) in [6.07, 6.45) is 1.09. The Bertz CT molecular complexity index is 2770. The molecular formula is C47H54Cl2N8O5. The molecule has 1 saturated heterocycles. The van der Waals surface area contributed by atoms with Gasteiger partial charge in [0.25, 0.3) is 5.91 Å². The maximum Gasteiger partial charge on any atom is 0.340 e. The second-order valence-corrected chi connectivity index (χ2v) is 17.9. The number of aromatic nitrogens is 4. The van der Waals surface area contributed by atoms with E-state index in [0.717, 1.165) is 82.0 Å². The van der Waals surface area contributed by atoms with Crippen molar-refractivity contribution in [2.24, 2.45) is 14.1 Å². The largest absolute Gasteiger partial charge is 0.494 e. The van der Waals surface area contributed by atoms with Gasteiger partial charge in [0.05, 0.1) is 34.9 Å². The molecular weight excluding hydrogens is 827 g/mol. The number of piperazine rings is 1. The number of ether oxygens (including phenoxy) is 1. The predicted molar refractivity (Wildman–Crippen MR) is 247 cm³/mol. The number of aryl methyl sites for hydroxylation is 6. The maximum atomic E-state index is 15.4. The van der Waals surface area contributed by atoms with Crippen LogP contribution < -0.4 is 14.5 Å². The summed E-state index contributed by atoms with van der Waals surface area (Å²) < 4.78 is 12.0. The number of likely N-dealkylation sites (N-methyl/N-ethyl adjacent to an activating group) is 2. The Morgan fingerprint density at radius 3 is 2.27 bits per heavy atom. The van der Waals surface area contributed by atoms with Gasteiger partial charge in [0.2, 0.25) is 5.91 Å². The van der Waals surface area contributed by atoms with Crippen LogP contribution in [0.2, 0.25) is 10.0 Å². The molecule has 2 aliphatic heterocycles. The Morgan fingerprint density at radius 1 is 0.935 bits per heavy atom. The van der Waals surface area contributed by atoms with Gasteiger partial charge in [0.1, 0.15) is 22.8 Å². The Labute approximate surface area is 371 Å². The standard InChI is InChI=1S/C47H54Cl2N8O5/c1-26-21-32(22-27(2)42(26)49)62-20-10-11-33-34-13-14-36(48)41(39-29(4)50-54(9)30(39)5)43(34)57-28(3)24-56(46(59)44(33)57)45-40(47(60)61)35-23-31(12-15-37(35)53(45)8)52(7)38(58)25-55-18-16-51(6)17-19-55/h12-15,21-23,28H,10-11,16-20,24-25H2,1-9H3,(H,60,61)/t28-/m1/s1. The van der Waals surface area contributed by atoms with Crippen LogP contribution in [0.4, 0.5) is 11.5 Å². The van der Waals surface area contributed by atoms with Crippen LogP contribution in [0.15, 0.2) is 42.5 Å². The average molecular weight is 882 g/mol. The Hall–Kier alpha value is -5.34. The average Bonchev–Trinajstić information content (AvgIpc) is 3.82. The minimum absolute atomic E-state index is 0.00298. The SMILES string of the molecule is Cc1cc(OCCCc2c3n(c4c(-c5c(C)nn(C)c5C)c(Cl)ccc24)[C@H](C)CN(c2c(C(=O)O)c4cc(N(C)C(=O)CN5CCN(C)CC5)ccc4n2C)C3=O)cc(C)c1Cl. The fourth-order valence-electron chi connectivity index (χ4n) is 9.51. The van der Waals surface area contributed by atoms with Gasteiger partial charge < -0.3 is 28.8 Å². The third kappa shape index (κ3) is 7.42. The van der Waals surface area contributed by atoms with Crippen LogP contribution in [-0.4, -0.2) is 112 Å². The predicted octanol–water partition coefficient (Wildman–Crippen LogP) is 8.22.